The normalized spacial score (nSPS) is 17.7. The van der Waals surface area contributed by atoms with Gasteiger partial charge in [0.2, 0.25) is 5.78 Å². The molecule has 1 aromatic heterocycles. The Morgan fingerprint density at radius 1 is 1.03 bits per heavy atom. The summed E-state index contributed by atoms with van der Waals surface area (Å²) in [5, 5.41) is 10.2. The smallest absolute Gasteiger partial charge is 0.335 e. The van der Waals surface area contributed by atoms with Crippen molar-refractivity contribution in [3.63, 3.8) is 0 Å². The van der Waals surface area contributed by atoms with Gasteiger partial charge in [0.05, 0.1) is 17.5 Å². The number of ether oxygens (including phenoxy) is 2. The predicted molar refractivity (Wildman–Crippen MR) is 128 cm³/mol. The quantitative estimate of drug-likeness (QED) is 0.262. The number of carbonyl (C=O) groups excluding carboxylic acids is 2. The van der Waals surface area contributed by atoms with Gasteiger partial charge in [-0.05, 0) is 42.0 Å². The van der Waals surface area contributed by atoms with Crippen LogP contribution in [0.4, 0.5) is 0 Å². The Bertz CT molecular complexity index is 1590. The fourth-order valence-electron chi connectivity index (χ4n) is 4.88. The fourth-order valence-corrected chi connectivity index (χ4v) is 4.88. The van der Waals surface area contributed by atoms with Crippen LogP contribution in [0.2, 0.25) is 0 Å². The van der Waals surface area contributed by atoms with Crippen molar-refractivity contribution in [1.82, 2.24) is 4.57 Å². The van der Waals surface area contributed by atoms with E-state index in [0.717, 1.165) is 22.0 Å². The number of aromatic carboxylic acids is 1. The summed E-state index contributed by atoms with van der Waals surface area (Å²) in [6.45, 7) is 0. The number of carboxylic acid groups (broad SMARTS) is 1. The lowest BCUT2D eigenvalue weighted by Gasteiger charge is -2.26. The lowest BCUT2D eigenvalue weighted by molar-refractivity contribution is -0.135. The van der Waals surface area contributed by atoms with E-state index in [9.17, 15) is 19.5 Å². The van der Waals surface area contributed by atoms with Crippen molar-refractivity contribution >= 4 is 34.7 Å². The maximum Gasteiger partial charge on any atom is 0.335 e. The molecule has 7 heteroatoms. The molecule has 2 aliphatic heterocycles. The number of rotatable bonds is 3. The molecule has 0 aliphatic carbocycles. The van der Waals surface area contributed by atoms with Gasteiger partial charge in [-0.1, -0.05) is 30.3 Å². The van der Waals surface area contributed by atoms with Crippen molar-refractivity contribution in [2.75, 3.05) is 0 Å². The Morgan fingerprint density at radius 3 is 2.57 bits per heavy atom. The molecule has 2 aliphatic rings. The second-order valence-corrected chi connectivity index (χ2v) is 8.66. The SMILES string of the molecule is Cn1cc(/C=C2\Oc3c(ccc4c3[C@@H](c3ccc(C(=O)O)cc3)CC(=O)O4)C2=O)c2ccccc21. The first-order valence-electron chi connectivity index (χ1n) is 11.1. The molecule has 3 aromatic carbocycles. The number of aryl methyl sites for hydroxylation is 1. The lowest BCUT2D eigenvalue weighted by Crippen LogP contribution is -2.21. The number of hydrogen-bond acceptors (Lipinski definition) is 5. The molecule has 3 heterocycles. The molecule has 0 saturated carbocycles. The van der Waals surface area contributed by atoms with Gasteiger partial charge in [-0.3, -0.25) is 9.59 Å². The summed E-state index contributed by atoms with van der Waals surface area (Å²) in [5.41, 5.74) is 3.80. The number of fused-ring (bicyclic) bond motifs is 4. The minimum absolute atomic E-state index is 0.0514. The highest BCUT2D eigenvalue weighted by Crippen LogP contribution is 2.49. The molecule has 0 spiro atoms. The topological polar surface area (TPSA) is 94.8 Å². The number of ketones is 1. The van der Waals surface area contributed by atoms with Crippen molar-refractivity contribution in [2.24, 2.45) is 7.05 Å². The third kappa shape index (κ3) is 3.32. The van der Waals surface area contributed by atoms with Crippen LogP contribution < -0.4 is 9.47 Å². The summed E-state index contributed by atoms with van der Waals surface area (Å²) in [7, 11) is 1.95. The van der Waals surface area contributed by atoms with E-state index in [1.807, 2.05) is 42.1 Å². The molecule has 1 atom stereocenters. The molecule has 35 heavy (non-hydrogen) atoms. The fraction of sp³-hybridized carbons (Fsp3) is 0.107. The van der Waals surface area contributed by atoms with Gasteiger partial charge in [-0.15, -0.1) is 0 Å². The van der Waals surface area contributed by atoms with Gasteiger partial charge in [-0.25, -0.2) is 4.79 Å². The molecule has 4 aromatic rings. The number of Topliss-reactive ketones (excluding diaryl/α,β-unsaturated/α-hetero) is 1. The van der Waals surface area contributed by atoms with Crippen molar-refractivity contribution in [3.8, 4) is 11.5 Å². The molecule has 1 N–H and O–H groups in total. The van der Waals surface area contributed by atoms with E-state index < -0.39 is 17.9 Å². The van der Waals surface area contributed by atoms with Crippen molar-refractivity contribution in [2.45, 2.75) is 12.3 Å². The summed E-state index contributed by atoms with van der Waals surface area (Å²) in [5.74, 6) is -1.20. The largest absolute Gasteiger partial charge is 0.478 e. The average molecular weight is 465 g/mol. The van der Waals surface area contributed by atoms with Crippen LogP contribution in [0.1, 0.15) is 49.7 Å². The van der Waals surface area contributed by atoms with E-state index >= 15 is 0 Å². The number of para-hydroxylation sites is 1. The number of benzene rings is 3. The zero-order valence-corrected chi connectivity index (χ0v) is 18.6. The summed E-state index contributed by atoms with van der Waals surface area (Å²) in [6, 6.07) is 17.5. The molecule has 6 rings (SSSR count). The van der Waals surface area contributed by atoms with Gasteiger partial charge < -0.3 is 19.1 Å². The first kappa shape index (κ1) is 20.9. The van der Waals surface area contributed by atoms with E-state index in [0.29, 0.717) is 22.6 Å². The Labute approximate surface area is 199 Å². The van der Waals surface area contributed by atoms with Gasteiger partial charge in [-0.2, -0.15) is 0 Å². The number of allylic oxidation sites excluding steroid dienone is 1. The molecule has 0 saturated heterocycles. The average Bonchev–Trinajstić information content (AvgIpc) is 3.35. The van der Waals surface area contributed by atoms with Crippen LogP contribution in [-0.2, 0) is 11.8 Å². The number of aromatic nitrogens is 1. The number of carboxylic acids is 1. The summed E-state index contributed by atoms with van der Waals surface area (Å²) in [6.07, 6.45) is 3.74. The molecule has 0 fully saturated rings. The third-order valence-electron chi connectivity index (χ3n) is 6.55. The van der Waals surface area contributed by atoms with Gasteiger partial charge >= 0.3 is 11.9 Å². The van der Waals surface area contributed by atoms with Gasteiger partial charge in [0.25, 0.3) is 0 Å². The zero-order valence-electron chi connectivity index (χ0n) is 18.6. The molecule has 172 valence electrons. The van der Waals surface area contributed by atoms with Crippen LogP contribution >= 0.6 is 0 Å². The summed E-state index contributed by atoms with van der Waals surface area (Å²) < 4.78 is 13.6. The van der Waals surface area contributed by atoms with Crippen LogP contribution in [0, 0.1) is 0 Å². The van der Waals surface area contributed by atoms with Crippen molar-refractivity contribution in [1.29, 1.82) is 0 Å². The molecular formula is C28H19NO6. The second kappa shape index (κ2) is 7.70. The highest BCUT2D eigenvalue weighted by atomic mass is 16.5. The lowest BCUT2D eigenvalue weighted by atomic mass is 9.84. The highest BCUT2D eigenvalue weighted by molar-refractivity contribution is 6.15. The van der Waals surface area contributed by atoms with Crippen LogP contribution in [0.5, 0.6) is 11.5 Å². The Morgan fingerprint density at radius 2 is 1.80 bits per heavy atom. The van der Waals surface area contributed by atoms with Gasteiger partial charge in [0, 0.05) is 41.2 Å². The zero-order chi connectivity index (χ0) is 24.3. The third-order valence-corrected chi connectivity index (χ3v) is 6.55. The van der Waals surface area contributed by atoms with Crippen LogP contribution in [0.15, 0.2) is 72.6 Å². The van der Waals surface area contributed by atoms with E-state index in [4.69, 9.17) is 9.47 Å². The highest BCUT2D eigenvalue weighted by Gasteiger charge is 2.38. The van der Waals surface area contributed by atoms with E-state index in [1.165, 1.54) is 12.1 Å². The maximum atomic E-state index is 13.3. The Balaban J connectivity index is 1.45. The molecule has 7 nitrogen and oxygen atoms in total. The standard InChI is InChI=1S/C28H19NO6/c1-29-14-17(18-4-2-3-5-21(18)29)12-23-26(31)19-10-11-22-25(27(19)35-23)20(13-24(30)34-22)15-6-8-16(9-7-15)28(32)33/h2-12,14,20H,13H2,1H3,(H,32,33)/b23-12-/t20-/m1/s1. The molecule has 0 radical (unpaired) electrons. The number of nitrogens with zero attached hydrogens (tertiary/aromatic N) is 1. The molecular weight excluding hydrogens is 446 g/mol. The van der Waals surface area contributed by atoms with Gasteiger partial charge in [0.15, 0.2) is 5.76 Å². The summed E-state index contributed by atoms with van der Waals surface area (Å²) in [4.78, 5) is 36.9. The minimum atomic E-state index is -1.03. The first-order chi connectivity index (χ1) is 16.9. The molecule has 0 bridgehead atoms. The monoisotopic (exact) mass is 465 g/mol. The van der Waals surface area contributed by atoms with Crippen LogP contribution in [0.25, 0.3) is 17.0 Å². The van der Waals surface area contributed by atoms with Gasteiger partial charge in [0.1, 0.15) is 11.5 Å². The minimum Gasteiger partial charge on any atom is -0.478 e. The molecule has 0 unspecified atom stereocenters. The molecule has 0 amide bonds. The van der Waals surface area contributed by atoms with E-state index in [1.54, 1.807) is 30.3 Å². The van der Waals surface area contributed by atoms with Crippen LogP contribution in [-0.4, -0.2) is 27.4 Å². The van der Waals surface area contributed by atoms with Crippen LogP contribution in [0.3, 0.4) is 0 Å². The number of hydrogen-bond donors (Lipinski definition) is 1. The summed E-state index contributed by atoms with van der Waals surface area (Å²) >= 11 is 0. The predicted octanol–water partition coefficient (Wildman–Crippen LogP) is 4.93. The van der Waals surface area contributed by atoms with Crippen molar-refractivity contribution < 1.29 is 29.0 Å². The number of esters is 1. The Kier molecular flexibility index (Phi) is 4.60. The van der Waals surface area contributed by atoms with E-state index in [2.05, 4.69) is 0 Å². The van der Waals surface area contributed by atoms with E-state index in [-0.39, 0.29) is 23.5 Å². The Hall–Kier alpha value is -4.65. The maximum absolute atomic E-state index is 13.3. The van der Waals surface area contributed by atoms with Crippen molar-refractivity contribution in [3.05, 3.63) is 100 Å². The number of carbonyl (C=O) groups is 3. The first-order valence-corrected chi connectivity index (χ1v) is 11.1. The second-order valence-electron chi connectivity index (χ2n) is 8.66.